The Morgan fingerprint density at radius 2 is 1.87 bits per heavy atom. The van der Waals surface area contributed by atoms with Gasteiger partial charge in [-0.2, -0.15) is 0 Å². The van der Waals surface area contributed by atoms with Crippen LogP contribution in [0.4, 0.5) is 0 Å². The Bertz CT molecular complexity index is 530. The van der Waals surface area contributed by atoms with Gasteiger partial charge in [-0.3, -0.25) is 5.41 Å². The maximum absolute atomic E-state index is 11.5. The molecule has 0 atom stereocenters. The Kier molecular flexibility index (Phi) is 3.36. The lowest BCUT2D eigenvalue weighted by Crippen LogP contribution is -2.03. The van der Waals surface area contributed by atoms with E-state index in [1.54, 1.807) is 0 Å². The van der Waals surface area contributed by atoms with Gasteiger partial charge in [0.25, 0.3) is 5.03 Å². The summed E-state index contributed by atoms with van der Waals surface area (Å²) in [5.41, 5.74) is 0. The second-order valence-electron chi connectivity index (χ2n) is 2.48. The molecule has 7 heteroatoms. The zero-order valence-corrected chi connectivity index (χ0v) is 8.84. The lowest BCUT2D eigenvalue weighted by molar-refractivity contribution is 0.602. The molecule has 0 saturated heterocycles. The molecule has 0 aromatic heterocycles. The van der Waals surface area contributed by atoms with E-state index in [0.717, 1.165) is 0 Å². The lowest BCUT2D eigenvalue weighted by atomic mass is 10.4. The Morgan fingerprint density at radius 1 is 1.33 bits per heavy atom. The van der Waals surface area contributed by atoms with E-state index in [1.807, 2.05) is 0 Å². The summed E-state index contributed by atoms with van der Waals surface area (Å²) in [5, 5.41) is 8.26. The van der Waals surface area contributed by atoms with Gasteiger partial charge < -0.3 is 0 Å². The van der Waals surface area contributed by atoms with Crippen molar-refractivity contribution in [1.82, 2.24) is 0 Å². The summed E-state index contributed by atoms with van der Waals surface area (Å²) in [6.07, 6.45) is 0. The fraction of sp³-hybridized carbons (Fsp3) is 0. The van der Waals surface area contributed by atoms with Crippen molar-refractivity contribution in [2.75, 3.05) is 0 Å². The molecule has 15 heavy (non-hydrogen) atoms. The van der Waals surface area contributed by atoms with Crippen LogP contribution >= 0.6 is 11.6 Å². The van der Waals surface area contributed by atoms with E-state index in [0.29, 0.717) is 5.02 Å². The summed E-state index contributed by atoms with van der Waals surface area (Å²) in [5.74, 6) is 1.47. The molecule has 0 aliphatic carbocycles. The number of rotatable bonds is 3. The number of nitrogens with one attached hydrogen (secondary N) is 1. The molecule has 0 saturated carbocycles. The Hall–Kier alpha value is -1.49. The van der Waals surface area contributed by atoms with Crippen LogP contribution in [0.3, 0.4) is 0 Å². The van der Waals surface area contributed by atoms with Gasteiger partial charge in [-0.1, -0.05) is 11.6 Å². The SMILES string of the molecule is N=C=C(N=O)S(=O)(=O)c1ccc(Cl)cc1. The second kappa shape index (κ2) is 4.35. The zero-order chi connectivity index (χ0) is 11.5. The normalized spacial score (nSPS) is 10.5. The van der Waals surface area contributed by atoms with Gasteiger partial charge in [0, 0.05) is 10.9 Å². The molecule has 0 heterocycles. The molecule has 0 bridgehead atoms. The first kappa shape index (κ1) is 11.6. The van der Waals surface area contributed by atoms with E-state index in [1.165, 1.54) is 30.1 Å². The number of nitrogens with zero attached hydrogens (tertiary/aromatic N) is 1. The third-order valence-corrected chi connectivity index (χ3v) is 3.40. The molecule has 1 rings (SSSR count). The topological polar surface area (TPSA) is 87.4 Å². The van der Waals surface area contributed by atoms with E-state index in [4.69, 9.17) is 17.0 Å². The molecule has 5 nitrogen and oxygen atoms in total. The van der Waals surface area contributed by atoms with Gasteiger partial charge >= 0.3 is 0 Å². The van der Waals surface area contributed by atoms with Gasteiger partial charge in [0.05, 0.1) is 4.90 Å². The van der Waals surface area contributed by atoms with Crippen molar-refractivity contribution in [2.45, 2.75) is 4.90 Å². The monoisotopic (exact) mass is 244 g/mol. The summed E-state index contributed by atoms with van der Waals surface area (Å²) in [7, 11) is -4.04. The first-order valence-corrected chi connectivity index (χ1v) is 5.52. The number of sulfone groups is 1. The van der Waals surface area contributed by atoms with Gasteiger partial charge in [0.2, 0.25) is 9.84 Å². The van der Waals surface area contributed by atoms with Crippen LogP contribution in [0.1, 0.15) is 0 Å². The number of benzene rings is 1. The van der Waals surface area contributed by atoms with Gasteiger partial charge in [-0.05, 0) is 29.4 Å². The molecular formula is C8H5ClN2O3S. The number of nitroso groups, excluding NO2 is 1. The number of hydrogen-bond donors (Lipinski definition) is 1. The molecule has 0 aliphatic heterocycles. The van der Waals surface area contributed by atoms with Crippen molar-refractivity contribution in [3.8, 4) is 0 Å². The predicted molar refractivity (Wildman–Crippen MR) is 55.7 cm³/mol. The fourth-order valence-electron chi connectivity index (χ4n) is 0.864. The maximum atomic E-state index is 11.5. The summed E-state index contributed by atoms with van der Waals surface area (Å²) < 4.78 is 23.1. The van der Waals surface area contributed by atoms with Crippen LogP contribution in [0.15, 0.2) is 39.4 Å². The van der Waals surface area contributed by atoms with Crippen molar-refractivity contribution in [3.05, 3.63) is 39.2 Å². The van der Waals surface area contributed by atoms with Crippen LogP contribution in [0.5, 0.6) is 0 Å². The molecule has 1 aromatic carbocycles. The van der Waals surface area contributed by atoms with Crippen molar-refractivity contribution in [3.63, 3.8) is 0 Å². The van der Waals surface area contributed by atoms with Crippen molar-refractivity contribution >= 4 is 27.3 Å². The largest absolute Gasteiger partial charge is 0.264 e. The van der Waals surface area contributed by atoms with Gasteiger partial charge in [0.15, 0.2) is 0 Å². The Balaban J connectivity index is 3.35. The van der Waals surface area contributed by atoms with Crippen LogP contribution in [-0.4, -0.2) is 14.3 Å². The predicted octanol–water partition coefficient (Wildman–Crippen LogP) is 1.97. The average molecular weight is 245 g/mol. The van der Waals surface area contributed by atoms with E-state index < -0.39 is 14.9 Å². The first-order chi connectivity index (χ1) is 7.02. The summed E-state index contributed by atoms with van der Waals surface area (Å²) in [4.78, 5) is 10.00. The van der Waals surface area contributed by atoms with E-state index in [2.05, 4.69) is 5.18 Å². The lowest BCUT2D eigenvalue weighted by Gasteiger charge is -1.99. The maximum Gasteiger partial charge on any atom is 0.264 e. The number of halogens is 1. The van der Waals surface area contributed by atoms with Gasteiger partial charge in [-0.25, -0.2) is 8.42 Å². The zero-order valence-electron chi connectivity index (χ0n) is 7.27. The molecule has 0 fully saturated rings. The Labute approximate surface area is 90.8 Å². The standard InChI is InChI=1S/C8H5ClN2O3S/c9-6-1-3-7(4-2-6)15(13,14)8(5-10)11-12/h1-4,10H. The van der Waals surface area contributed by atoms with E-state index in [9.17, 15) is 13.3 Å². The summed E-state index contributed by atoms with van der Waals surface area (Å²) in [6.45, 7) is 0. The number of hydrogen-bond acceptors (Lipinski definition) is 5. The second-order valence-corrected chi connectivity index (χ2v) is 4.78. The Morgan fingerprint density at radius 3 is 2.27 bits per heavy atom. The average Bonchev–Trinajstić information content (AvgIpc) is 2.19. The minimum absolute atomic E-state index is 0.152. The van der Waals surface area contributed by atoms with Crippen LogP contribution in [-0.2, 0) is 9.84 Å². The minimum atomic E-state index is -4.04. The highest BCUT2D eigenvalue weighted by atomic mass is 35.5. The molecule has 1 N–H and O–H groups in total. The summed E-state index contributed by atoms with van der Waals surface area (Å²) >= 11 is 5.57. The van der Waals surface area contributed by atoms with E-state index >= 15 is 0 Å². The van der Waals surface area contributed by atoms with Crippen LogP contribution < -0.4 is 0 Å². The molecule has 0 spiro atoms. The third kappa shape index (κ3) is 2.30. The molecule has 78 valence electrons. The minimum Gasteiger partial charge on any atom is -0.256 e. The highest BCUT2D eigenvalue weighted by molar-refractivity contribution is 7.95. The molecule has 0 radical (unpaired) electrons. The fourth-order valence-corrected chi connectivity index (χ4v) is 1.94. The highest BCUT2D eigenvalue weighted by Gasteiger charge is 2.21. The smallest absolute Gasteiger partial charge is 0.256 e. The van der Waals surface area contributed by atoms with Crippen LogP contribution in [0.2, 0.25) is 5.02 Å². The molecular weight excluding hydrogens is 240 g/mol. The molecule has 0 amide bonds. The molecule has 0 aliphatic rings. The quantitative estimate of drug-likeness (QED) is 0.651. The van der Waals surface area contributed by atoms with Gasteiger partial charge in [0.1, 0.15) is 0 Å². The van der Waals surface area contributed by atoms with Crippen molar-refractivity contribution in [2.24, 2.45) is 5.18 Å². The first-order valence-electron chi connectivity index (χ1n) is 3.66. The molecule has 0 unspecified atom stereocenters. The highest BCUT2D eigenvalue weighted by Crippen LogP contribution is 2.20. The molecule has 1 aromatic rings. The third-order valence-electron chi connectivity index (χ3n) is 1.57. The van der Waals surface area contributed by atoms with Crippen molar-refractivity contribution < 1.29 is 8.42 Å². The summed E-state index contributed by atoms with van der Waals surface area (Å²) in [6, 6.07) is 5.17. The van der Waals surface area contributed by atoms with Gasteiger partial charge in [-0.15, -0.1) is 4.91 Å². The van der Waals surface area contributed by atoms with E-state index in [-0.39, 0.29) is 4.90 Å². The van der Waals surface area contributed by atoms with Crippen LogP contribution in [0, 0.1) is 10.3 Å². The van der Waals surface area contributed by atoms with Crippen molar-refractivity contribution in [1.29, 1.82) is 5.41 Å². The van der Waals surface area contributed by atoms with Crippen LogP contribution in [0.25, 0.3) is 0 Å².